The van der Waals surface area contributed by atoms with E-state index in [9.17, 15) is 19.8 Å². The summed E-state index contributed by atoms with van der Waals surface area (Å²) in [4.78, 5) is 28.3. The quantitative estimate of drug-likeness (QED) is 0.593. The number of carbonyl (C=O) groups excluding carboxylic acids is 2. The number of phenolic OH excluding ortho intramolecular Hbond substituents is 1. The van der Waals surface area contributed by atoms with Crippen LogP contribution in [0, 0.1) is 11.3 Å². The normalized spacial score (nSPS) is 12.5. The number of amides is 2. The van der Waals surface area contributed by atoms with Crippen LogP contribution in [0.4, 0.5) is 5.69 Å². The number of aromatic nitrogens is 1. The van der Waals surface area contributed by atoms with E-state index in [-0.39, 0.29) is 17.9 Å². The van der Waals surface area contributed by atoms with Crippen LogP contribution in [0.3, 0.4) is 0 Å². The summed E-state index contributed by atoms with van der Waals surface area (Å²) in [5.74, 6) is -1.15. The molecule has 0 unspecified atom stereocenters. The zero-order chi connectivity index (χ0) is 20.0. The molecule has 0 saturated heterocycles. The van der Waals surface area contributed by atoms with E-state index < -0.39 is 24.0 Å². The van der Waals surface area contributed by atoms with E-state index >= 15 is 0 Å². The van der Waals surface area contributed by atoms with E-state index in [1.54, 1.807) is 6.07 Å². The van der Waals surface area contributed by atoms with Gasteiger partial charge in [-0.1, -0.05) is 11.6 Å². The molecule has 1 atom stereocenters. The first-order chi connectivity index (χ1) is 12.8. The van der Waals surface area contributed by atoms with E-state index in [1.807, 2.05) is 0 Å². The number of pyridine rings is 1. The number of halogens is 1. The molecule has 0 aliphatic heterocycles. The smallest absolute Gasteiger partial charge is 0.271 e. The van der Waals surface area contributed by atoms with Gasteiger partial charge in [-0.05, 0) is 37.3 Å². The van der Waals surface area contributed by atoms with Gasteiger partial charge in [0.25, 0.3) is 5.91 Å². The van der Waals surface area contributed by atoms with Crippen molar-refractivity contribution in [2.75, 3.05) is 11.9 Å². The summed E-state index contributed by atoms with van der Waals surface area (Å²) >= 11 is 5.86. The van der Waals surface area contributed by atoms with Crippen LogP contribution in [0.25, 0.3) is 0 Å². The van der Waals surface area contributed by atoms with Crippen molar-refractivity contribution in [1.82, 2.24) is 10.3 Å². The van der Waals surface area contributed by atoms with Gasteiger partial charge >= 0.3 is 0 Å². The van der Waals surface area contributed by atoms with Crippen molar-refractivity contribution in [2.45, 2.75) is 18.9 Å². The molecule has 0 fully saturated rings. The number of hydrogen-bond donors (Lipinski definition) is 4. The molecule has 1 aromatic carbocycles. The first kappa shape index (κ1) is 20.2. The van der Waals surface area contributed by atoms with Gasteiger partial charge in [0.1, 0.15) is 17.0 Å². The largest absolute Gasteiger partial charge is 0.508 e. The fourth-order valence-electron chi connectivity index (χ4n) is 2.12. The minimum atomic E-state index is -1.44. The Hall–Kier alpha value is -3.15. The monoisotopic (exact) mass is 388 g/mol. The van der Waals surface area contributed by atoms with Gasteiger partial charge in [-0.2, -0.15) is 5.26 Å². The number of phenols is 1. The third-order valence-corrected chi connectivity index (χ3v) is 3.86. The second-order valence-corrected chi connectivity index (χ2v) is 6.42. The molecule has 0 aliphatic rings. The van der Waals surface area contributed by atoms with Gasteiger partial charge in [0, 0.05) is 22.5 Å². The number of hydrogen-bond acceptors (Lipinski definition) is 6. The van der Waals surface area contributed by atoms with Gasteiger partial charge in [0.2, 0.25) is 5.91 Å². The van der Waals surface area contributed by atoms with Gasteiger partial charge < -0.3 is 20.8 Å². The van der Waals surface area contributed by atoms with Crippen LogP contribution in [0.5, 0.6) is 5.75 Å². The molecular weight excluding hydrogens is 372 g/mol. The third-order valence-electron chi connectivity index (χ3n) is 3.62. The Morgan fingerprint density at radius 2 is 2.07 bits per heavy atom. The van der Waals surface area contributed by atoms with Gasteiger partial charge in [-0.15, -0.1) is 0 Å². The molecule has 140 valence electrons. The number of nitrogens with one attached hydrogen (secondary N) is 2. The van der Waals surface area contributed by atoms with Crippen molar-refractivity contribution in [3.63, 3.8) is 0 Å². The highest BCUT2D eigenvalue weighted by Crippen LogP contribution is 2.22. The van der Waals surface area contributed by atoms with E-state index in [4.69, 9.17) is 16.9 Å². The van der Waals surface area contributed by atoms with E-state index in [2.05, 4.69) is 15.6 Å². The molecule has 8 nitrogen and oxygen atoms in total. The summed E-state index contributed by atoms with van der Waals surface area (Å²) in [6, 6.07) is 9.01. The van der Waals surface area contributed by atoms with Crippen molar-refractivity contribution in [3.8, 4) is 11.8 Å². The lowest BCUT2D eigenvalue weighted by Gasteiger charge is -2.20. The maximum Gasteiger partial charge on any atom is 0.271 e. The molecule has 9 heteroatoms. The Balaban J connectivity index is 2.09. The number of benzene rings is 1. The zero-order valence-corrected chi connectivity index (χ0v) is 15.1. The Morgan fingerprint density at radius 1 is 1.33 bits per heavy atom. The lowest BCUT2D eigenvalue weighted by Crippen LogP contribution is -2.47. The molecule has 1 aromatic heterocycles. The fraction of sp³-hybridized carbons (Fsp3) is 0.222. The number of anilines is 1. The van der Waals surface area contributed by atoms with Crippen molar-refractivity contribution >= 4 is 29.1 Å². The van der Waals surface area contributed by atoms with Crippen LogP contribution >= 0.6 is 11.6 Å². The second kappa shape index (κ2) is 8.49. The Bertz CT molecular complexity index is 912. The molecule has 2 aromatic rings. The summed E-state index contributed by atoms with van der Waals surface area (Å²) < 4.78 is 0. The molecule has 0 radical (unpaired) electrons. The topological polar surface area (TPSA) is 135 Å². The Kier molecular flexibility index (Phi) is 6.34. The fourth-order valence-corrected chi connectivity index (χ4v) is 2.32. The first-order valence-corrected chi connectivity index (χ1v) is 8.22. The number of aliphatic hydroxyl groups excluding tert-OH is 1. The van der Waals surface area contributed by atoms with Gasteiger partial charge in [0.05, 0.1) is 19.1 Å². The Morgan fingerprint density at radius 3 is 2.74 bits per heavy atom. The SMILES string of the molecule is C[C@@](C#N)(CO)NC(=O)c1cc(NC(=O)Cc2cc(Cl)ccc2O)ccn1. The van der Waals surface area contributed by atoms with Crippen molar-refractivity contribution in [1.29, 1.82) is 5.26 Å². The minimum Gasteiger partial charge on any atom is -0.508 e. The maximum atomic E-state index is 12.2. The zero-order valence-electron chi connectivity index (χ0n) is 14.4. The van der Waals surface area contributed by atoms with Crippen LogP contribution in [0.15, 0.2) is 36.5 Å². The highest BCUT2D eigenvalue weighted by atomic mass is 35.5. The number of nitrogens with zero attached hydrogens (tertiary/aromatic N) is 2. The summed E-state index contributed by atoms with van der Waals surface area (Å²) in [7, 11) is 0. The molecule has 2 amide bonds. The van der Waals surface area contributed by atoms with Gasteiger partial charge in [-0.25, -0.2) is 0 Å². The van der Waals surface area contributed by atoms with Crippen LogP contribution in [-0.4, -0.2) is 39.2 Å². The first-order valence-electron chi connectivity index (χ1n) is 7.84. The third kappa shape index (κ3) is 5.41. The lowest BCUT2D eigenvalue weighted by molar-refractivity contribution is -0.115. The summed E-state index contributed by atoms with van der Waals surface area (Å²) in [5.41, 5.74) is -0.806. The van der Waals surface area contributed by atoms with E-state index in [1.165, 1.54) is 43.5 Å². The van der Waals surface area contributed by atoms with Gasteiger partial charge in [-0.3, -0.25) is 14.6 Å². The van der Waals surface area contributed by atoms with Crippen molar-refractivity contribution in [2.24, 2.45) is 0 Å². The standard InChI is InChI=1S/C18H17ClN4O4/c1-18(9-20,10-24)23-17(27)14-8-13(4-5-21-14)22-16(26)7-11-6-12(19)2-3-15(11)25/h2-6,8,24-25H,7,10H2,1H3,(H,23,27)(H,21,22,26)/t18-/m1/s1. The number of aliphatic hydroxyl groups is 1. The van der Waals surface area contributed by atoms with Gasteiger partial charge in [0.15, 0.2) is 0 Å². The molecule has 0 bridgehead atoms. The number of rotatable bonds is 6. The summed E-state index contributed by atoms with van der Waals surface area (Å²) in [5, 5.41) is 33.3. The molecule has 0 aliphatic carbocycles. The van der Waals surface area contributed by atoms with Crippen molar-refractivity contribution < 1.29 is 19.8 Å². The van der Waals surface area contributed by atoms with E-state index in [0.29, 0.717) is 16.3 Å². The number of carbonyl (C=O) groups is 2. The van der Waals surface area contributed by atoms with Crippen LogP contribution < -0.4 is 10.6 Å². The number of nitriles is 1. The lowest BCUT2D eigenvalue weighted by atomic mass is 10.1. The molecule has 4 N–H and O–H groups in total. The van der Waals surface area contributed by atoms with Crippen LogP contribution in [-0.2, 0) is 11.2 Å². The van der Waals surface area contributed by atoms with Crippen LogP contribution in [0.1, 0.15) is 23.0 Å². The highest BCUT2D eigenvalue weighted by Gasteiger charge is 2.26. The average Bonchev–Trinajstić information content (AvgIpc) is 2.64. The van der Waals surface area contributed by atoms with Crippen molar-refractivity contribution in [3.05, 3.63) is 52.8 Å². The predicted octanol–water partition coefficient (Wildman–Crippen LogP) is 1.63. The molecular formula is C18H17ClN4O4. The molecule has 2 rings (SSSR count). The average molecular weight is 389 g/mol. The predicted molar refractivity (Wildman–Crippen MR) is 98.3 cm³/mol. The molecule has 0 spiro atoms. The molecule has 1 heterocycles. The highest BCUT2D eigenvalue weighted by molar-refractivity contribution is 6.30. The van der Waals surface area contributed by atoms with Crippen LogP contribution in [0.2, 0.25) is 5.02 Å². The number of aromatic hydroxyl groups is 1. The Labute approximate surface area is 160 Å². The molecule has 0 saturated carbocycles. The summed E-state index contributed by atoms with van der Waals surface area (Å²) in [6.45, 7) is 0.808. The molecule has 27 heavy (non-hydrogen) atoms. The summed E-state index contributed by atoms with van der Waals surface area (Å²) in [6.07, 6.45) is 1.21. The minimum absolute atomic E-state index is 0.0340. The maximum absolute atomic E-state index is 12.2. The second-order valence-electron chi connectivity index (χ2n) is 5.98. The van der Waals surface area contributed by atoms with E-state index in [0.717, 1.165) is 0 Å².